The number of hydrogen-bond acceptors (Lipinski definition) is 4. The van der Waals surface area contributed by atoms with Crippen LogP contribution in [0.4, 0.5) is 0 Å². The first-order valence-electron chi connectivity index (χ1n) is 12.4. The molecule has 0 amide bonds. The zero-order chi connectivity index (χ0) is 25.5. The van der Waals surface area contributed by atoms with Crippen LogP contribution in [0.15, 0.2) is 97.1 Å². The lowest BCUT2D eigenvalue weighted by Crippen LogP contribution is -1.97. The molecule has 0 N–H and O–H groups in total. The van der Waals surface area contributed by atoms with Gasteiger partial charge >= 0.3 is 0 Å². The molecule has 4 aromatic rings. The van der Waals surface area contributed by atoms with Crippen molar-refractivity contribution >= 4 is 0 Å². The molecule has 2 aliphatic heterocycles. The van der Waals surface area contributed by atoms with Gasteiger partial charge in [-0.1, -0.05) is 96.5 Å². The Morgan fingerprint density at radius 2 is 0.457 bits per heavy atom. The van der Waals surface area contributed by atoms with Crippen molar-refractivity contribution in [2.45, 2.75) is 48.0 Å². The largest absolute Gasteiger partial charge is 0.450 e. The standard InChI is InChI=1S/2C12H8O2.C3H8.2C2H6/c2*1-2-6-10-9(5-1)13-11-7-3-4-8-12(11)14-10;1-3-2;2*1-2/h2*1-8H;3H2,1-2H3;2*1-2H3. The third-order valence-electron chi connectivity index (χ3n) is 4.28. The second kappa shape index (κ2) is 15.1. The number of para-hydroxylation sites is 8. The molecule has 35 heavy (non-hydrogen) atoms. The third-order valence-corrected chi connectivity index (χ3v) is 4.28. The van der Waals surface area contributed by atoms with Crippen molar-refractivity contribution in [3.05, 3.63) is 97.1 Å². The first-order chi connectivity index (χ1) is 17.3. The molecule has 0 unspecified atom stereocenters. The number of ether oxygens (including phenoxy) is 4. The lowest BCUT2D eigenvalue weighted by Gasteiger charge is -2.19. The second-order valence-corrected chi connectivity index (χ2v) is 6.90. The Morgan fingerprint density at radius 3 is 0.571 bits per heavy atom. The van der Waals surface area contributed by atoms with Crippen LogP contribution in [-0.2, 0) is 0 Å². The van der Waals surface area contributed by atoms with E-state index in [2.05, 4.69) is 13.8 Å². The zero-order valence-electron chi connectivity index (χ0n) is 21.6. The van der Waals surface area contributed by atoms with Crippen LogP contribution in [0.5, 0.6) is 46.0 Å². The van der Waals surface area contributed by atoms with E-state index in [1.165, 1.54) is 6.42 Å². The summed E-state index contributed by atoms with van der Waals surface area (Å²) in [6.45, 7) is 12.2. The van der Waals surface area contributed by atoms with Gasteiger partial charge in [0.1, 0.15) is 0 Å². The Morgan fingerprint density at radius 1 is 0.343 bits per heavy atom. The Hall–Kier alpha value is -3.92. The van der Waals surface area contributed by atoms with Crippen LogP contribution in [0.3, 0.4) is 0 Å². The summed E-state index contributed by atoms with van der Waals surface area (Å²) in [7, 11) is 0. The molecule has 4 heteroatoms. The van der Waals surface area contributed by atoms with Crippen LogP contribution in [-0.4, -0.2) is 0 Å². The third kappa shape index (κ3) is 7.54. The minimum absolute atomic E-state index is 0.770. The molecular formula is C31H36O4. The monoisotopic (exact) mass is 472 g/mol. The summed E-state index contributed by atoms with van der Waals surface area (Å²) in [4.78, 5) is 0. The van der Waals surface area contributed by atoms with Gasteiger partial charge in [0.05, 0.1) is 0 Å². The van der Waals surface area contributed by atoms with Crippen LogP contribution in [0.1, 0.15) is 48.0 Å². The van der Waals surface area contributed by atoms with Gasteiger partial charge in [-0.05, 0) is 48.5 Å². The summed E-state index contributed by atoms with van der Waals surface area (Å²) < 4.78 is 22.6. The summed E-state index contributed by atoms with van der Waals surface area (Å²) in [5, 5.41) is 0. The van der Waals surface area contributed by atoms with E-state index < -0.39 is 0 Å². The average molecular weight is 473 g/mol. The smallest absolute Gasteiger partial charge is 0.170 e. The Balaban J connectivity index is 0.000000198. The molecule has 0 bridgehead atoms. The van der Waals surface area contributed by atoms with Gasteiger partial charge in [0.25, 0.3) is 0 Å². The van der Waals surface area contributed by atoms with Crippen LogP contribution in [0, 0.1) is 0 Å². The van der Waals surface area contributed by atoms with Gasteiger partial charge in [-0.25, -0.2) is 0 Å². The predicted octanol–water partition coefficient (Wildman–Crippen LogP) is 10.6. The van der Waals surface area contributed by atoms with Gasteiger partial charge in [-0.15, -0.1) is 0 Å². The van der Waals surface area contributed by atoms with Crippen molar-refractivity contribution in [3.8, 4) is 46.0 Å². The fraction of sp³-hybridized carbons (Fsp3) is 0.226. The van der Waals surface area contributed by atoms with Gasteiger partial charge in [-0.2, -0.15) is 0 Å². The van der Waals surface area contributed by atoms with Crippen molar-refractivity contribution in [2.24, 2.45) is 0 Å². The van der Waals surface area contributed by atoms with Crippen LogP contribution >= 0.6 is 0 Å². The highest BCUT2D eigenvalue weighted by atomic mass is 16.6. The maximum atomic E-state index is 5.65. The van der Waals surface area contributed by atoms with Crippen LogP contribution in [0.2, 0.25) is 0 Å². The van der Waals surface area contributed by atoms with Gasteiger partial charge in [0.2, 0.25) is 0 Å². The van der Waals surface area contributed by atoms with E-state index in [1.54, 1.807) is 0 Å². The molecule has 0 radical (unpaired) electrons. The highest BCUT2D eigenvalue weighted by Gasteiger charge is 2.17. The summed E-state index contributed by atoms with van der Waals surface area (Å²) >= 11 is 0. The van der Waals surface area contributed by atoms with E-state index in [0.29, 0.717) is 0 Å². The molecule has 0 fully saturated rings. The van der Waals surface area contributed by atoms with E-state index in [-0.39, 0.29) is 0 Å². The van der Waals surface area contributed by atoms with Gasteiger partial charge < -0.3 is 18.9 Å². The Bertz CT molecular complexity index is 888. The quantitative estimate of drug-likeness (QED) is 0.220. The molecule has 0 atom stereocenters. The lowest BCUT2D eigenvalue weighted by molar-refractivity contribution is 0.359. The highest BCUT2D eigenvalue weighted by molar-refractivity contribution is 5.55. The van der Waals surface area contributed by atoms with Crippen molar-refractivity contribution in [1.82, 2.24) is 0 Å². The summed E-state index contributed by atoms with van der Waals surface area (Å²) in [6.07, 6.45) is 1.25. The molecule has 184 valence electrons. The summed E-state index contributed by atoms with van der Waals surface area (Å²) in [6, 6.07) is 30.6. The molecule has 0 aliphatic carbocycles. The first-order valence-corrected chi connectivity index (χ1v) is 12.4. The van der Waals surface area contributed by atoms with E-state index in [4.69, 9.17) is 18.9 Å². The SMILES string of the molecule is CC.CC.CCC.c1ccc2c(c1)Oc1ccccc1O2.c1ccc2c(c1)Oc1ccccc1O2. The maximum absolute atomic E-state index is 5.65. The fourth-order valence-electron chi connectivity index (χ4n) is 2.95. The Labute approximate surface area is 210 Å². The fourth-order valence-corrected chi connectivity index (χ4v) is 2.95. The van der Waals surface area contributed by atoms with E-state index in [9.17, 15) is 0 Å². The second-order valence-electron chi connectivity index (χ2n) is 6.90. The molecule has 6 rings (SSSR count). The molecule has 2 aliphatic rings. The van der Waals surface area contributed by atoms with Crippen molar-refractivity contribution in [1.29, 1.82) is 0 Å². The number of fused-ring (bicyclic) bond motifs is 4. The highest BCUT2D eigenvalue weighted by Crippen LogP contribution is 2.45. The number of benzene rings is 4. The van der Waals surface area contributed by atoms with Crippen molar-refractivity contribution in [2.75, 3.05) is 0 Å². The minimum Gasteiger partial charge on any atom is -0.450 e. The van der Waals surface area contributed by atoms with Crippen LogP contribution in [0.25, 0.3) is 0 Å². The molecule has 4 aromatic carbocycles. The van der Waals surface area contributed by atoms with Gasteiger partial charge in [0.15, 0.2) is 46.0 Å². The normalized spacial score (nSPS) is 10.5. The summed E-state index contributed by atoms with van der Waals surface area (Å²) in [5.74, 6) is 6.16. The zero-order valence-corrected chi connectivity index (χ0v) is 21.6. The van der Waals surface area contributed by atoms with Crippen molar-refractivity contribution in [3.63, 3.8) is 0 Å². The molecule has 2 heterocycles. The molecule has 0 aromatic heterocycles. The van der Waals surface area contributed by atoms with E-state index in [1.807, 2.05) is 125 Å². The first kappa shape index (κ1) is 27.3. The van der Waals surface area contributed by atoms with E-state index >= 15 is 0 Å². The molecule has 4 nitrogen and oxygen atoms in total. The number of rotatable bonds is 0. The average Bonchev–Trinajstić information content (AvgIpc) is 2.94. The van der Waals surface area contributed by atoms with Crippen LogP contribution < -0.4 is 18.9 Å². The molecule has 0 saturated carbocycles. The van der Waals surface area contributed by atoms with Gasteiger partial charge in [-0.3, -0.25) is 0 Å². The topological polar surface area (TPSA) is 36.9 Å². The molecular weight excluding hydrogens is 436 g/mol. The van der Waals surface area contributed by atoms with Gasteiger partial charge in [0, 0.05) is 0 Å². The summed E-state index contributed by atoms with van der Waals surface area (Å²) in [5.41, 5.74) is 0. The lowest BCUT2D eigenvalue weighted by atomic mass is 10.2. The number of hydrogen-bond donors (Lipinski definition) is 0. The van der Waals surface area contributed by atoms with Crippen molar-refractivity contribution < 1.29 is 18.9 Å². The Kier molecular flexibility index (Phi) is 11.8. The minimum atomic E-state index is 0.770. The molecule has 0 spiro atoms. The molecule has 0 saturated heterocycles. The predicted molar refractivity (Wildman–Crippen MR) is 145 cm³/mol. The maximum Gasteiger partial charge on any atom is 0.170 e. The van der Waals surface area contributed by atoms with E-state index in [0.717, 1.165) is 46.0 Å².